The van der Waals surface area contributed by atoms with Gasteiger partial charge in [-0.3, -0.25) is 20.4 Å². The molecule has 0 bridgehead atoms. The van der Waals surface area contributed by atoms with Crippen LogP contribution in [0.4, 0.5) is 5.69 Å². The third kappa shape index (κ3) is 6.25. The van der Waals surface area contributed by atoms with Gasteiger partial charge >= 0.3 is 5.97 Å². The summed E-state index contributed by atoms with van der Waals surface area (Å²) in [7, 11) is 0. The fourth-order valence-corrected chi connectivity index (χ4v) is 1.76. The Bertz CT molecular complexity index is 543. The van der Waals surface area contributed by atoms with Crippen LogP contribution in [-0.2, 0) is 9.59 Å². The minimum Gasteiger partial charge on any atom is -0.478 e. The second-order valence-electron chi connectivity index (χ2n) is 5.22. The van der Waals surface area contributed by atoms with Gasteiger partial charge in [0.15, 0.2) is 0 Å². The number of carbonyl (C=O) groups is 3. The number of amides is 2. The molecule has 1 rings (SSSR count). The largest absolute Gasteiger partial charge is 0.478 e. The van der Waals surface area contributed by atoms with Crippen molar-refractivity contribution in [3.8, 4) is 0 Å². The number of nitrogens with one attached hydrogen (secondary N) is 3. The average Bonchev–Trinajstić information content (AvgIpc) is 2.45. The van der Waals surface area contributed by atoms with Crippen LogP contribution in [-0.4, -0.2) is 29.4 Å². The summed E-state index contributed by atoms with van der Waals surface area (Å²) in [4.78, 5) is 33.9. The van der Waals surface area contributed by atoms with Gasteiger partial charge in [-0.05, 0) is 18.1 Å². The molecule has 0 fully saturated rings. The van der Waals surface area contributed by atoms with Gasteiger partial charge in [0.25, 0.3) is 0 Å². The van der Waals surface area contributed by atoms with Gasteiger partial charge in [-0.15, -0.1) is 0 Å². The Hall–Kier alpha value is -2.57. The maximum absolute atomic E-state index is 11.6. The second kappa shape index (κ2) is 8.66. The predicted octanol–water partition coefficient (Wildman–Crippen LogP) is 1.38. The van der Waals surface area contributed by atoms with Crippen molar-refractivity contribution in [2.45, 2.75) is 26.7 Å². The first kappa shape index (κ1) is 17.5. The van der Waals surface area contributed by atoms with Crippen molar-refractivity contribution in [3.05, 3.63) is 29.8 Å². The lowest BCUT2D eigenvalue weighted by atomic mass is 10.1. The molecule has 0 unspecified atom stereocenters. The maximum atomic E-state index is 11.6. The molecule has 4 N–H and O–H groups in total. The van der Waals surface area contributed by atoms with E-state index >= 15 is 0 Å². The fourth-order valence-electron chi connectivity index (χ4n) is 1.76. The SMILES string of the molecule is CC(C)CC(=O)NNC(=O)CCNc1ccccc1C(=O)O. The highest BCUT2D eigenvalue weighted by Gasteiger charge is 2.09. The molecule has 0 aromatic heterocycles. The number of aromatic carboxylic acids is 1. The summed E-state index contributed by atoms with van der Waals surface area (Å²) in [5, 5.41) is 11.9. The van der Waals surface area contributed by atoms with E-state index < -0.39 is 5.97 Å². The van der Waals surface area contributed by atoms with E-state index in [1.807, 2.05) is 13.8 Å². The van der Waals surface area contributed by atoms with Gasteiger partial charge in [-0.1, -0.05) is 26.0 Å². The Balaban J connectivity index is 2.34. The molecule has 0 saturated carbocycles. The topological polar surface area (TPSA) is 108 Å². The van der Waals surface area contributed by atoms with Gasteiger partial charge in [0, 0.05) is 25.1 Å². The van der Waals surface area contributed by atoms with Crippen molar-refractivity contribution in [2.75, 3.05) is 11.9 Å². The van der Waals surface area contributed by atoms with Crippen molar-refractivity contribution in [1.82, 2.24) is 10.9 Å². The van der Waals surface area contributed by atoms with Gasteiger partial charge in [-0.25, -0.2) is 4.79 Å². The van der Waals surface area contributed by atoms with Gasteiger partial charge in [0.2, 0.25) is 11.8 Å². The van der Waals surface area contributed by atoms with E-state index in [0.717, 1.165) is 0 Å². The van der Waals surface area contributed by atoms with Crippen LogP contribution in [0.5, 0.6) is 0 Å². The van der Waals surface area contributed by atoms with Crippen LogP contribution in [0.2, 0.25) is 0 Å². The number of hydrogen-bond donors (Lipinski definition) is 4. The van der Waals surface area contributed by atoms with E-state index in [4.69, 9.17) is 5.11 Å². The standard InChI is InChI=1S/C15H21N3O4/c1-10(2)9-14(20)18-17-13(19)7-8-16-12-6-4-3-5-11(12)15(21)22/h3-6,10,16H,7-9H2,1-2H3,(H,17,19)(H,18,20)(H,21,22). The summed E-state index contributed by atoms with van der Waals surface area (Å²) >= 11 is 0. The average molecular weight is 307 g/mol. The summed E-state index contributed by atoms with van der Waals surface area (Å²) in [5.74, 6) is -1.41. The van der Waals surface area contributed by atoms with E-state index in [9.17, 15) is 14.4 Å². The number of rotatable bonds is 7. The van der Waals surface area contributed by atoms with E-state index in [2.05, 4.69) is 16.2 Å². The lowest BCUT2D eigenvalue weighted by molar-refractivity contribution is -0.129. The van der Waals surface area contributed by atoms with Crippen LogP contribution < -0.4 is 16.2 Å². The molecule has 0 atom stereocenters. The summed E-state index contributed by atoms with van der Waals surface area (Å²) < 4.78 is 0. The van der Waals surface area contributed by atoms with Gasteiger partial charge in [0.1, 0.15) is 0 Å². The number of carboxylic acids is 1. The third-order valence-electron chi connectivity index (χ3n) is 2.76. The predicted molar refractivity (Wildman–Crippen MR) is 82.2 cm³/mol. The zero-order valence-corrected chi connectivity index (χ0v) is 12.7. The van der Waals surface area contributed by atoms with Gasteiger partial charge < -0.3 is 10.4 Å². The Morgan fingerprint density at radius 1 is 1.09 bits per heavy atom. The maximum Gasteiger partial charge on any atom is 0.337 e. The second-order valence-corrected chi connectivity index (χ2v) is 5.22. The normalized spacial score (nSPS) is 10.1. The molecule has 2 amide bonds. The molecule has 0 radical (unpaired) electrons. The van der Waals surface area contributed by atoms with Crippen LogP contribution >= 0.6 is 0 Å². The molecule has 7 nitrogen and oxygen atoms in total. The van der Waals surface area contributed by atoms with Crippen molar-refractivity contribution < 1.29 is 19.5 Å². The molecule has 120 valence electrons. The molecule has 7 heteroatoms. The minimum atomic E-state index is -1.03. The minimum absolute atomic E-state index is 0.107. The molecule has 0 aliphatic heterocycles. The van der Waals surface area contributed by atoms with Gasteiger partial charge in [0.05, 0.1) is 5.56 Å². The quantitative estimate of drug-likeness (QED) is 0.569. The third-order valence-corrected chi connectivity index (χ3v) is 2.76. The first-order valence-electron chi connectivity index (χ1n) is 7.04. The number of para-hydroxylation sites is 1. The van der Waals surface area contributed by atoms with Crippen molar-refractivity contribution in [1.29, 1.82) is 0 Å². The zero-order valence-electron chi connectivity index (χ0n) is 12.7. The van der Waals surface area contributed by atoms with Crippen LogP contribution in [0.1, 0.15) is 37.0 Å². The molecule has 0 saturated heterocycles. The first-order valence-corrected chi connectivity index (χ1v) is 7.04. The molecular formula is C15H21N3O4. The zero-order chi connectivity index (χ0) is 16.5. The Kier molecular flexibility index (Phi) is 6.88. The summed E-state index contributed by atoms with van der Waals surface area (Å²) in [6, 6.07) is 6.45. The van der Waals surface area contributed by atoms with E-state index in [0.29, 0.717) is 12.1 Å². The van der Waals surface area contributed by atoms with Gasteiger partial charge in [-0.2, -0.15) is 0 Å². The lowest BCUT2D eigenvalue weighted by Crippen LogP contribution is -2.42. The van der Waals surface area contributed by atoms with Crippen LogP contribution in [0, 0.1) is 5.92 Å². The van der Waals surface area contributed by atoms with Crippen molar-refractivity contribution in [2.24, 2.45) is 5.92 Å². The number of carbonyl (C=O) groups excluding carboxylic acids is 2. The molecule has 0 aliphatic carbocycles. The van der Waals surface area contributed by atoms with Crippen molar-refractivity contribution >= 4 is 23.5 Å². The Morgan fingerprint density at radius 3 is 2.36 bits per heavy atom. The molecule has 1 aromatic carbocycles. The summed E-state index contributed by atoms with van der Waals surface area (Å²) in [5.41, 5.74) is 5.25. The van der Waals surface area contributed by atoms with Crippen LogP contribution in [0.15, 0.2) is 24.3 Å². The Labute approximate surface area is 129 Å². The number of carboxylic acid groups (broad SMARTS) is 1. The lowest BCUT2D eigenvalue weighted by Gasteiger charge is -2.11. The molecule has 22 heavy (non-hydrogen) atoms. The number of hydrazine groups is 1. The molecule has 0 heterocycles. The Morgan fingerprint density at radius 2 is 1.73 bits per heavy atom. The molecule has 0 spiro atoms. The van der Waals surface area contributed by atoms with Crippen molar-refractivity contribution in [3.63, 3.8) is 0 Å². The summed E-state index contributed by atoms with van der Waals surface area (Å²) in [6.45, 7) is 4.08. The van der Waals surface area contributed by atoms with E-state index in [1.54, 1.807) is 18.2 Å². The monoisotopic (exact) mass is 307 g/mol. The highest BCUT2D eigenvalue weighted by molar-refractivity contribution is 5.94. The first-order chi connectivity index (χ1) is 10.4. The van der Waals surface area contributed by atoms with Crippen LogP contribution in [0.25, 0.3) is 0 Å². The van der Waals surface area contributed by atoms with E-state index in [-0.39, 0.29) is 36.3 Å². The molecular weight excluding hydrogens is 286 g/mol. The molecule has 1 aromatic rings. The molecule has 0 aliphatic rings. The number of hydrogen-bond acceptors (Lipinski definition) is 4. The smallest absolute Gasteiger partial charge is 0.337 e. The highest BCUT2D eigenvalue weighted by atomic mass is 16.4. The number of anilines is 1. The fraction of sp³-hybridized carbons (Fsp3) is 0.400. The highest BCUT2D eigenvalue weighted by Crippen LogP contribution is 2.14. The summed E-state index contributed by atoms with van der Waals surface area (Å²) in [6.07, 6.45) is 0.445. The van der Waals surface area contributed by atoms with Crippen LogP contribution in [0.3, 0.4) is 0 Å². The van der Waals surface area contributed by atoms with E-state index in [1.165, 1.54) is 6.07 Å². The number of benzene rings is 1.